The highest BCUT2D eigenvalue weighted by molar-refractivity contribution is 6.10. The molecule has 0 heterocycles. The number of nitrogens with zero attached hydrogens (tertiary/aromatic N) is 1. The highest BCUT2D eigenvalue weighted by Crippen LogP contribution is 2.32. The summed E-state index contributed by atoms with van der Waals surface area (Å²) in [5.74, 6) is -0.116. The van der Waals surface area contributed by atoms with E-state index in [4.69, 9.17) is 5.73 Å². The maximum atomic E-state index is 12.5. The number of carbonyl (C=O) groups excluding carboxylic acids is 1. The van der Waals surface area contributed by atoms with Crippen molar-refractivity contribution >= 4 is 16.7 Å². The van der Waals surface area contributed by atoms with Gasteiger partial charge in [0.15, 0.2) is 0 Å². The molecular weight excluding hydrogens is 334 g/mol. The molecule has 0 fully saturated rings. The molecule has 3 aromatic carbocycles. The quantitative estimate of drug-likeness (QED) is 0.724. The van der Waals surface area contributed by atoms with Gasteiger partial charge in [-0.15, -0.1) is 0 Å². The summed E-state index contributed by atoms with van der Waals surface area (Å²) >= 11 is 0. The number of nitriles is 1. The molecule has 0 unspecified atom stereocenters. The first-order valence-corrected chi connectivity index (χ1v) is 9.00. The van der Waals surface area contributed by atoms with Gasteiger partial charge in [-0.25, -0.2) is 0 Å². The van der Waals surface area contributed by atoms with E-state index in [-0.39, 0.29) is 5.91 Å². The number of nitrogens with two attached hydrogens (primary N) is 1. The molecule has 0 aromatic heterocycles. The van der Waals surface area contributed by atoms with Crippen LogP contribution in [0.2, 0.25) is 0 Å². The van der Waals surface area contributed by atoms with Crippen molar-refractivity contribution in [2.45, 2.75) is 19.3 Å². The molecule has 4 nitrogen and oxygen atoms in total. The lowest BCUT2D eigenvalue weighted by Gasteiger charge is -2.17. The van der Waals surface area contributed by atoms with E-state index in [9.17, 15) is 10.1 Å². The molecule has 3 N–H and O–H groups in total. The monoisotopic (exact) mass is 357 g/mol. The molecule has 0 radical (unpaired) electrons. The maximum absolute atomic E-state index is 12.5. The molecule has 0 aliphatic rings. The van der Waals surface area contributed by atoms with Crippen LogP contribution >= 0.6 is 0 Å². The molecule has 0 saturated heterocycles. The molecule has 1 amide bonds. The van der Waals surface area contributed by atoms with Gasteiger partial charge in [0, 0.05) is 18.7 Å². The summed E-state index contributed by atoms with van der Waals surface area (Å²) in [5, 5.41) is 14.1. The summed E-state index contributed by atoms with van der Waals surface area (Å²) in [7, 11) is 0. The molecule has 0 atom stereocenters. The van der Waals surface area contributed by atoms with Gasteiger partial charge in [0.1, 0.15) is 0 Å². The number of nitrogens with one attached hydrogen (secondary N) is 1. The second kappa shape index (κ2) is 7.61. The van der Waals surface area contributed by atoms with E-state index in [1.807, 2.05) is 74.5 Å². The van der Waals surface area contributed by atoms with Crippen LogP contribution in [0.1, 0.15) is 29.8 Å². The van der Waals surface area contributed by atoms with Gasteiger partial charge in [-0.1, -0.05) is 54.6 Å². The van der Waals surface area contributed by atoms with Crippen LogP contribution < -0.4 is 11.1 Å². The van der Waals surface area contributed by atoms with Crippen molar-refractivity contribution in [2.75, 3.05) is 13.1 Å². The Balaban J connectivity index is 2.06. The summed E-state index contributed by atoms with van der Waals surface area (Å²) in [6, 6.07) is 22.1. The minimum atomic E-state index is -0.522. The molecule has 3 rings (SSSR count). The Kier molecular flexibility index (Phi) is 5.25. The molecule has 0 saturated carbocycles. The number of rotatable bonds is 5. The first kappa shape index (κ1) is 18.6. The second-order valence-corrected chi connectivity index (χ2v) is 7.06. The Labute approximate surface area is 159 Å². The molecule has 4 heteroatoms. The van der Waals surface area contributed by atoms with Gasteiger partial charge in [0.25, 0.3) is 5.91 Å². The smallest absolute Gasteiger partial charge is 0.251 e. The van der Waals surface area contributed by atoms with Crippen LogP contribution in [-0.2, 0) is 5.41 Å². The van der Waals surface area contributed by atoms with Crippen LogP contribution in [0.4, 0.5) is 0 Å². The largest absolute Gasteiger partial charge is 0.351 e. The fourth-order valence-corrected chi connectivity index (χ4v) is 3.16. The minimum absolute atomic E-state index is 0.116. The van der Waals surface area contributed by atoms with Gasteiger partial charge in [0.05, 0.1) is 11.5 Å². The third-order valence-electron chi connectivity index (χ3n) is 4.80. The Morgan fingerprint density at radius 2 is 1.70 bits per heavy atom. The number of benzene rings is 3. The van der Waals surface area contributed by atoms with Gasteiger partial charge in [-0.05, 0) is 47.4 Å². The van der Waals surface area contributed by atoms with E-state index in [1.165, 1.54) is 0 Å². The SMILES string of the molecule is CC(C)(C#N)c1ccc(-c2ccc(C(=O)NCCN)c3ccccc23)cc1. The van der Waals surface area contributed by atoms with E-state index < -0.39 is 5.41 Å². The van der Waals surface area contributed by atoms with Crippen LogP contribution in [0.25, 0.3) is 21.9 Å². The summed E-state index contributed by atoms with van der Waals surface area (Å²) in [6.45, 7) is 4.68. The van der Waals surface area contributed by atoms with Gasteiger partial charge in [-0.3, -0.25) is 4.79 Å². The van der Waals surface area contributed by atoms with Crippen molar-refractivity contribution in [2.24, 2.45) is 5.73 Å². The molecule has 0 bridgehead atoms. The zero-order valence-electron chi connectivity index (χ0n) is 15.6. The highest BCUT2D eigenvalue weighted by Gasteiger charge is 2.19. The Morgan fingerprint density at radius 1 is 1.04 bits per heavy atom. The number of fused-ring (bicyclic) bond motifs is 1. The lowest BCUT2D eigenvalue weighted by Crippen LogP contribution is -2.29. The predicted octanol–water partition coefficient (Wildman–Crippen LogP) is 4.00. The molecule has 136 valence electrons. The summed E-state index contributed by atoms with van der Waals surface area (Å²) < 4.78 is 0. The predicted molar refractivity (Wildman–Crippen MR) is 109 cm³/mol. The highest BCUT2D eigenvalue weighted by atomic mass is 16.1. The number of carbonyl (C=O) groups is 1. The fraction of sp³-hybridized carbons (Fsp3) is 0.217. The van der Waals surface area contributed by atoms with Crippen molar-refractivity contribution in [3.05, 3.63) is 71.8 Å². The standard InChI is InChI=1S/C23H23N3O/c1-23(2,15-25)17-9-7-16(8-10-17)18-11-12-21(22(27)26-14-13-24)20-6-4-3-5-19(18)20/h3-12H,13-14,24H2,1-2H3,(H,26,27). The zero-order chi connectivity index (χ0) is 19.4. The minimum Gasteiger partial charge on any atom is -0.351 e. The van der Waals surface area contributed by atoms with E-state index in [1.54, 1.807) is 0 Å². The zero-order valence-corrected chi connectivity index (χ0v) is 15.6. The van der Waals surface area contributed by atoms with Crippen LogP contribution in [0.3, 0.4) is 0 Å². The second-order valence-electron chi connectivity index (χ2n) is 7.06. The molecular formula is C23H23N3O. The third-order valence-corrected chi connectivity index (χ3v) is 4.80. The van der Waals surface area contributed by atoms with Crippen molar-refractivity contribution in [1.29, 1.82) is 5.26 Å². The van der Waals surface area contributed by atoms with Crippen molar-refractivity contribution < 1.29 is 4.79 Å². The van der Waals surface area contributed by atoms with Crippen LogP contribution in [0, 0.1) is 11.3 Å². The Bertz CT molecular complexity index is 1010. The van der Waals surface area contributed by atoms with Crippen molar-refractivity contribution in [3.63, 3.8) is 0 Å². The van der Waals surface area contributed by atoms with Crippen LogP contribution in [-0.4, -0.2) is 19.0 Å². The average Bonchev–Trinajstić information content (AvgIpc) is 2.71. The topological polar surface area (TPSA) is 78.9 Å². The van der Waals surface area contributed by atoms with Crippen molar-refractivity contribution in [1.82, 2.24) is 5.32 Å². The summed E-state index contributed by atoms with van der Waals surface area (Å²) in [5.41, 5.74) is 8.70. The number of amides is 1. The molecule has 0 spiro atoms. The number of hydrogen-bond acceptors (Lipinski definition) is 3. The van der Waals surface area contributed by atoms with E-state index in [2.05, 4.69) is 11.4 Å². The van der Waals surface area contributed by atoms with Gasteiger partial charge >= 0.3 is 0 Å². The lowest BCUT2D eigenvalue weighted by atomic mass is 9.85. The van der Waals surface area contributed by atoms with E-state index in [0.29, 0.717) is 18.7 Å². The van der Waals surface area contributed by atoms with Crippen LogP contribution in [0.15, 0.2) is 60.7 Å². The molecule has 27 heavy (non-hydrogen) atoms. The molecule has 0 aliphatic carbocycles. The van der Waals surface area contributed by atoms with E-state index >= 15 is 0 Å². The Morgan fingerprint density at radius 3 is 2.33 bits per heavy atom. The van der Waals surface area contributed by atoms with Crippen molar-refractivity contribution in [3.8, 4) is 17.2 Å². The first-order valence-electron chi connectivity index (χ1n) is 9.00. The lowest BCUT2D eigenvalue weighted by molar-refractivity contribution is 0.0956. The summed E-state index contributed by atoms with van der Waals surface area (Å²) in [6.07, 6.45) is 0. The number of hydrogen-bond donors (Lipinski definition) is 2. The third kappa shape index (κ3) is 3.69. The van der Waals surface area contributed by atoms with Gasteiger partial charge in [-0.2, -0.15) is 5.26 Å². The first-order chi connectivity index (χ1) is 13.0. The van der Waals surface area contributed by atoms with E-state index in [0.717, 1.165) is 27.5 Å². The Hall–Kier alpha value is -3.16. The summed E-state index contributed by atoms with van der Waals surface area (Å²) in [4.78, 5) is 12.5. The molecule has 0 aliphatic heterocycles. The average molecular weight is 357 g/mol. The van der Waals surface area contributed by atoms with Crippen LogP contribution in [0.5, 0.6) is 0 Å². The van der Waals surface area contributed by atoms with Gasteiger partial charge < -0.3 is 11.1 Å². The molecule has 3 aromatic rings. The van der Waals surface area contributed by atoms with Gasteiger partial charge in [0.2, 0.25) is 0 Å². The maximum Gasteiger partial charge on any atom is 0.251 e. The fourth-order valence-electron chi connectivity index (χ4n) is 3.16. The normalized spacial score (nSPS) is 11.2.